The molecule has 0 aliphatic heterocycles. The molecule has 3 rings (SSSR count). The van der Waals surface area contributed by atoms with Gasteiger partial charge in [0.05, 0.1) is 6.10 Å². The minimum absolute atomic E-state index is 0.256. The van der Waals surface area contributed by atoms with Crippen molar-refractivity contribution in [3.8, 4) is 0 Å². The van der Waals surface area contributed by atoms with Crippen LogP contribution in [0, 0.1) is 11.3 Å². The van der Waals surface area contributed by atoms with E-state index in [4.69, 9.17) is 15.9 Å². The lowest BCUT2D eigenvalue weighted by Gasteiger charge is -2.46. The van der Waals surface area contributed by atoms with Crippen LogP contribution < -0.4 is 5.73 Å². The highest BCUT2D eigenvalue weighted by atomic mass is 16.5. The smallest absolute Gasteiger partial charge is 0.0574 e. The summed E-state index contributed by atoms with van der Waals surface area (Å²) >= 11 is 0. The molecule has 2 aliphatic rings. The van der Waals surface area contributed by atoms with E-state index in [1.807, 2.05) is 7.11 Å². The summed E-state index contributed by atoms with van der Waals surface area (Å²) in [5.74, 6) is 0.694. The van der Waals surface area contributed by atoms with E-state index in [0.29, 0.717) is 12.0 Å². The largest absolute Gasteiger partial charge is 0.398 e. The van der Waals surface area contributed by atoms with Gasteiger partial charge in [0, 0.05) is 24.6 Å². The van der Waals surface area contributed by atoms with Crippen LogP contribution in [0.5, 0.6) is 0 Å². The molecule has 3 nitrogen and oxygen atoms in total. The molecule has 1 aromatic carbocycles. The van der Waals surface area contributed by atoms with Crippen LogP contribution in [0.1, 0.15) is 62.1 Å². The predicted molar refractivity (Wildman–Crippen MR) is 91.8 cm³/mol. The van der Waals surface area contributed by atoms with Crippen molar-refractivity contribution >= 4 is 11.9 Å². The molecule has 3 atom stereocenters. The molecular weight excluding hydrogens is 272 g/mol. The maximum atomic E-state index is 7.65. The maximum Gasteiger partial charge on any atom is 0.0574 e. The Kier molecular flexibility index (Phi) is 4.26. The summed E-state index contributed by atoms with van der Waals surface area (Å²) in [6, 6.07) is 4.35. The van der Waals surface area contributed by atoms with Crippen molar-refractivity contribution in [1.29, 1.82) is 5.41 Å². The van der Waals surface area contributed by atoms with E-state index in [0.717, 1.165) is 24.1 Å². The first-order valence-electron chi connectivity index (χ1n) is 8.60. The van der Waals surface area contributed by atoms with Crippen molar-refractivity contribution < 1.29 is 4.74 Å². The molecule has 1 aromatic rings. The number of anilines is 1. The third-order valence-corrected chi connectivity index (χ3v) is 6.21. The van der Waals surface area contributed by atoms with Crippen molar-refractivity contribution in [1.82, 2.24) is 0 Å². The van der Waals surface area contributed by atoms with E-state index in [1.165, 1.54) is 49.4 Å². The number of rotatable bonds is 3. The van der Waals surface area contributed by atoms with Gasteiger partial charge in [-0.3, -0.25) is 0 Å². The topological polar surface area (TPSA) is 59.1 Å². The Balaban J connectivity index is 2.11. The molecule has 1 saturated carbocycles. The second-order valence-corrected chi connectivity index (χ2v) is 7.01. The quantitative estimate of drug-likeness (QED) is 0.653. The number of fused-ring (bicyclic) bond motifs is 3. The first-order chi connectivity index (χ1) is 10.6. The van der Waals surface area contributed by atoms with Gasteiger partial charge in [-0.25, -0.2) is 0 Å². The van der Waals surface area contributed by atoms with Crippen molar-refractivity contribution in [3.05, 3.63) is 28.8 Å². The highest BCUT2D eigenvalue weighted by molar-refractivity contribution is 5.85. The highest BCUT2D eigenvalue weighted by Gasteiger charge is 2.45. The summed E-state index contributed by atoms with van der Waals surface area (Å²) in [4.78, 5) is 0. The van der Waals surface area contributed by atoms with Gasteiger partial charge in [0.15, 0.2) is 0 Å². The molecular formula is C19H28N2O. The third kappa shape index (κ3) is 2.36. The Morgan fingerprint density at radius 1 is 1.41 bits per heavy atom. The number of nitrogens with two attached hydrogens (primary N) is 1. The summed E-state index contributed by atoms with van der Waals surface area (Å²) in [6.45, 7) is 2.33. The number of benzene rings is 1. The summed E-state index contributed by atoms with van der Waals surface area (Å²) < 4.78 is 5.67. The van der Waals surface area contributed by atoms with E-state index >= 15 is 0 Å². The normalized spacial score (nSPS) is 31.0. The number of nitrogen functional groups attached to an aromatic ring is 1. The van der Waals surface area contributed by atoms with E-state index in [2.05, 4.69) is 19.1 Å². The monoisotopic (exact) mass is 300 g/mol. The molecule has 0 heterocycles. The molecule has 3 heteroatoms. The second kappa shape index (κ2) is 6.04. The zero-order chi connectivity index (χ0) is 15.7. The van der Waals surface area contributed by atoms with Gasteiger partial charge in [-0.1, -0.05) is 6.92 Å². The fourth-order valence-electron chi connectivity index (χ4n) is 4.92. The molecule has 0 amide bonds. The molecule has 1 fully saturated rings. The van der Waals surface area contributed by atoms with Gasteiger partial charge in [-0.15, -0.1) is 0 Å². The molecule has 22 heavy (non-hydrogen) atoms. The lowest BCUT2D eigenvalue weighted by atomic mass is 9.59. The minimum Gasteiger partial charge on any atom is -0.398 e. The van der Waals surface area contributed by atoms with Gasteiger partial charge in [0.25, 0.3) is 0 Å². The zero-order valence-corrected chi connectivity index (χ0v) is 13.8. The van der Waals surface area contributed by atoms with Gasteiger partial charge in [-0.2, -0.15) is 0 Å². The number of hydrogen-bond acceptors (Lipinski definition) is 3. The zero-order valence-electron chi connectivity index (χ0n) is 13.8. The van der Waals surface area contributed by atoms with E-state index < -0.39 is 0 Å². The Morgan fingerprint density at radius 2 is 2.23 bits per heavy atom. The Morgan fingerprint density at radius 3 is 2.91 bits per heavy atom. The molecule has 0 saturated heterocycles. The Hall–Kier alpha value is -1.35. The van der Waals surface area contributed by atoms with E-state index in [9.17, 15) is 0 Å². The highest BCUT2D eigenvalue weighted by Crippen LogP contribution is 2.52. The van der Waals surface area contributed by atoms with Crippen LogP contribution in [0.3, 0.4) is 0 Å². The van der Waals surface area contributed by atoms with Gasteiger partial charge < -0.3 is 15.9 Å². The van der Waals surface area contributed by atoms with E-state index in [1.54, 1.807) is 0 Å². The number of ether oxygens (including phenoxy) is 1. The van der Waals surface area contributed by atoms with Crippen LogP contribution in [0.25, 0.3) is 0 Å². The number of aryl methyl sites for hydroxylation is 1. The number of methoxy groups -OCH3 is 1. The SMILES string of the molecule is CCC12CCC(OC)CC1CCCc1cc(N)c(C=N)cc12. The summed E-state index contributed by atoms with van der Waals surface area (Å²) in [5, 5.41) is 7.65. The van der Waals surface area contributed by atoms with Crippen LogP contribution in [0.15, 0.2) is 12.1 Å². The predicted octanol–water partition coefficient (Wildman–Crippen LogP) is 4.07. The van der Waals surface area contributed by atoms with Gasteiger partial charge in [0.1, 0.15) is 0 Å². The minimum atomic E-state index is 0.256. The van der Waals surface area contributed by atoms with E-state index in [-0.39, 0.29) is 5.41 Å². The maximum absolute atomic E-state index is 7.65. The lowest BCUT2D eigenvalue weighted by Crippen LogP contribution is -2.42. The van der Waals surface area contributed by atoms with Crippen LogP contribution in [0.2, 0.25) is 0 Å². The van der Waals surface area contributed by atoms with Crippen molar-refractivity contribution in [2.45, 2.75) is 63.4 Å². The second-order valence-electron chi connectivity index (χ2n) is 7.01. The molecule has 120 valence electrons. The van der Waals surface area contributed by atoms with Crippen LogP contribution >= 0.6 is 0 Å². The summed E-state index contributed by atoms with van der Waals surface area (Å²) in [5.41, 5.74) is 10.9. The average Bonchev–Trinajstić information content (AvgIpc) is 2.69. The van der Waals surface area contributed by atoms with Gasteiger partial charge >= 0.3 is 0 Å². The van der Waals surface area contributed by atoms with Crippen LogP contribution in [-0.2, 0) is 16.6 Å². The molecule has 3 unspecified atom stereocenters. The fraction of sp³-hybridized carbons (Fsp3) is 0.632. The standard InChI is InChI=1S/C19H28N2O/c1-3-19-8-7-16(22-2)11-15(19)6-4-5-13-10-18(21)14(12-20)9-17(13)19/h9-10,12,15-16,20H,3-8,11,21H2,1-2H3. The first-order valence-corrected chi connectivity index (χ1v) is 8.60. The van der Waals surface area contributed by atoms with Crippen molar-refractivity contribution in [2.75, 3.05) is 12.8 Å². The lowest BCUT2D eigenvalue weighted by molar-refractivity contribution is 0.0122. The number of hydrogen-bond donors (Lipinski definition) is 2. The molecule has 3 N–H and O–H groups in total. The van der Waals surface area contributed by atoms with Gasteiger partial charge in [-0.05, 0) is 79.5 Å². The molecule has 0 aromatic heterocycles. The van der Waals surface area contributed by atoms with Crippen LogP contribution in [-0.4, -0.2) is 19.4 Å². The Labute approximate surface area is 133 Å². The van der Waals surface area contributed by atoms with Crippen molar-refractivity contribution in [2.24, 2.45) is 5.92 Å². The van der Waals surface area contributed by atoms with Gasteiger partial charge in [0.2, 0.25) is 0 Å². The average molecular weight is 300 g/mol. The fourth-order valence-corrected chi connectivity index (χ4v) is 4.92. The molecule has 0 spiro atoms. The molecule has 0 radical (unpaired) electrons. The van der Waals surface area contributed by atoms with Crippen molar-refractivity contribution in [3.63, 3.8) is 0 Å². The third-order valence-electron chi connectivity index (χ3n) is 6.21. The Bertz CT molecular complexity index is 569. The number of nitrogens with one attached hydrogen (secondary N) is 1. The molecule has 0 bridgehead atoms. The first kappa shape index (κ1) is 15.5. The molecule has 2 aliphatic carbocycles. The summed E-state index contributed by atoms with van der Waals surface area (Å²) in [7, 11) is 1.85. The van der Waals surface area contributed by atoms with Crippen LogP contribution in [0.4, 0.5) is 5.69 Å². The summed E-state index contributed by atoms with van der Waals surface area (Å²) in [6.07, 6.45) is 10.1.